The second-order valence-electron chi connectivity index (χ2n) is 7.72. The second-order valence-corrected chi connectivity index (χ2v) is 9.56. The Bertz CT molecular complexity index is 1420. The number of halogens is 2. The summed E-state index contributed by atoms with van der Waals surface area (Å²) in [5.41, 5.74) is 2.63. The number of thioether (sulfide) groups is 1. The highest BCUT2D eigenvalue weighted by molar-refractivity contribution is 8.18. The molecule has 1 saturated heterocycles. The van der Waals surface area contributed by atoms with Gasteiger partial charge in [0.25, 0.3) is 11.1 Å². The summed E-state index contributed by atoms with van der Waals surface area (Å²) in [7, 11) is 0. The van der Waals surface area contributed by atoms with Crippen LogP contribution in [0.2, 0.25) is 10.0 Å². The van der Waals surface area contributed by atoms with Crippen molar-refractivity contribution in [1.29, 1.82) is 0 Å². The number of phenols is 1. The molecule has 0 radical (unpaired) electrons. The highest BCUT2D eigenvalue weighted by Gasteiger charge is 2.36. The molecular weight excluding hydrogens is 523 g/mol. The van der Waals surface area contributed by atoms with Crippen LogP contribution in [0, 0.1) is 6.92 Å². The van der Waals surface area contributed by atoms with Crippen molar-refractivity contribution in [3.63, 3.8) is 0 Å². The van der Waals surface area contributed by atoms with E-state index < -0.39 is 23.6 Å². The van der Waals surface area contributed by atoms with Gasteiger partial charge in [0.15, 0.2) is 0 Å². The molecule has 0 aromatic heterocycles. The zero-order valence-electron chi connectivity index (χ0n) is 18.7. The summed E-state index contributed by atoms with van der Waals surface area (Å²) in [4.78, 5) is 38.5. The van der Waals surface area contributed by atoms with E-state index >= 15 is 0 Å². The van der Waals surface area contributed by atoms with Crippen LogP contribution < -0.4 is 5.32 Å². The molecule has 2 N–H and O–H groups in total. The van der Waals surface area contributed by atoms with Gasteiger partial charge in [0.2, 0.25) is 5.91 Å². The Morgan fingerprint density at radius 2 is 1.81 bits per heavy atom. The normalized spacial score (nSPS) is 14.8. The van der Waals surface area contributed by atoms with Crippen LogP contribution in [0.15, 0.2) is 75.8 Å². The summed E-state index contributed by atoms with van der Waals surface area (Å²) in [6.45, 7) is 1.49. The molecule has 0 unspecified atom stereocenters. The first-order valence-electron chi connectivity index (χ1n) is 10.5. The number of aromatic hydroxyl groups is 1. The predicted molar refractivity (Wildman–Crippen MR) is 141 cm³/mol. The zero-order chi connectivity index (χ0) is 25.8. The van der Waals surface area contributed by atoms with Crippen molar-refractivity contribution in [2.75, 3.05) is 11.9 Å². The molecule has 0 spiro atoms. The first-order chi connectivity index (χ1) is 17.2. The number of nitrogens with zero attached hydrogens (tertiary/aromatic N) is 3. The molecule has 0 saturated carbocycles. The van der Waals surface area contributed by atoms with Crippen LogP contribution in [0.5, 0.6) is 5.75 Å². The summed E-state index contributed by atoms with van der Waals surface area (Å²) in [5, 5.41) is 21.3. The van der Waals surface area contributed by atoms with E-state index in [4.69, 9.17) is 23.2 Å². The summed E-state index contributed by atoms with van der Waals surface area (Å²) in [5.74, 6) is -1.26. The van der Waals surface area contributed by atoms with Crippen molar-refractivity contribution >= 4 is 75.2 Å². The van der Waals surface area contributed by atoms with Crippen LogP contribution in [-0.2, 0) is 9.59 Å². The molecule has 1 fully saturated rings. The van der Waals surface area contributed by atoms with Crippen molar-refractivity contribution in [3.05, 3.63) is 86.7 Å². The molecule has 0 bridgehead atoms. The van der Waals surface area contributed by atoms with E-state index in [2.05, 4.69) is 15.5 Å². The lowest BCUT2D eigenvalue weighted by Gasteiger charge is -2.12. The summed E-state index contributed by atoms with van der Waals surface area (Å²) >= 11 is 12.7. The van der Waals surface area contributed by atoms with Crippen LogP contribution in [0.4, 0.5) is 21.9 Å². The monoisotopic (exact) mass is 540 g/mol. The van der Waals surface area contributed by atoms with Crippen molar-refractivity contribution in [1.82, 2.24) is 4.90 Å². The number of azo groups is 1. The maximum Gasteiger partial charge on any atom is 0.294 e. The lowest BCUT2D eigenvalue weighted by atomic mass is 10.1. The number of nitrogens with one attached hydrogen (secondary N) is 1. The first-order valence-corrected chi connectivity index (χ1v) is 12.1. The molecule has 3 aromatic rings. The number of anilines is 1. The fraction of sp³-hybridized carbons (Fsp3) is 0.0800. The Morgan fingerprint density at radius 1 is 1.06 bits per heavy atom. The highest BCUT2D eigenvalue weighted by Crippen LogP contribution is 2.35. The summed E-state index contributed by atoms with van der Waals surface area (Å²) < 4.78 is 0. The molecule has 8 nitrogen and oxygen atoms in total. The van der Waals surface area contributed by atoms with Gasteiger partial charge in [-0.3, -0.25) is 19.3 Å². The smallest absolute Gasteiger partial charge is 0.294 e. The van der Waals surface area contributed by atoms with E-state index in [-0.39, 0.29) is 16.2 Å². The molecule has 1 heterocycles. The van der Waals surface area contributed by atoms with Gasteiger partial charge < -0.3 is 10.4 Å². The summed E-state index contributed by atoms with van der Waals surface area (Å²) in [6.07, 6.45) is 1.37. The molecule has 1 aliphatic heterocycles. The first kappa shape index (κ1) is 25.4. The quantitative estimate of drug-likeness (QED) is 0.256. The average Bonchev–Trinajstić information content (AvgIpc) is 3.09. The molecule has 11 heteroatoms. The topological polar surface area (TPSA) is 111 Å². The molecule has 1 aliphatic rings. The van der Waals surface area contributed by atoms with Crippen LogP contribution in [-0.4, -0.2) is 33.6 Å². The molecular formula is C25H18Cl2N4O4S. The molecule has 182 valence electrons. The Morgan fingerprint density at radius 3 is 2.53 bits per heavy atom. The SMILES string of the molecule is Cc1ccc(NC(=O)CN2C(=O)S/C(=C\c3cc(N=Nc4ccc(Cl)cc4Cl)ccc3O)C2=O)cc1. The van der Waals surface area contributed by atoms with Crippen LogP contribution >= 0.6 is 35.0 Å². The van der Waals surface area contributed by atoms with Crippen molar-refractivity contribution in [2.24, 2.45) is 10.2 Å². The van der Waals surface area contributed by atoms with E-state index in [1.54, 1.807) is 24.3 Å². The van der Waals surface area contributed by atoms with E-state index in [0.717, 1.165) is 10.5 Å². The summed E-state index contributed by atoms with van der Waals surface area (Å²) in [6, 6.07) is 16.3. The van der Waals surface area contributed by atoms with E-state index in [0.29, 0.717) is 38.9 Å². The number of hydrogen-bond acceptors (Lipinski definition) is 7. The number of carbonyl (C=O) groups is 3. The minimum absolute atomic E-state index is 0.0632. The van der Waals surface area contributed by atoms with Crippen molar-refractivity contribution < 1.29 is 19.5 Å². The Kier molecular flexibility index (Phi) is 7.73. The molecule has 0 atom stereocenters. The van der Waals surface area contributed by atoms with Crippen LogP contribution in [0.25, 0.3) is 6.08 Å². The van der Waals surface area contributed by atoms with Gasteiger partial charge >= 0.3 is 0 Å². The second kappa shape index (κ2) is 10.9. The average molecular weight is 541 g/mol. The standard InChI is InChI=1S/C25H18Cl2N4O4S/c1-14-2-5-17(6-3-14)28-23(33)13-31-24(34)22(36-25(31)35)11-15-10-18(7-9-21(15)32)29-30-20-8-4-16(26)12-19(20)27/h2-12,32H,13H2,1H3,(H,28,33)/b22-11-,30-29?. The van der Waals surface area contributed by atoms with E-state index in [9.17, 15) is 19.5 Å². The fourth-order valence-electron chi connectivity index (χ4n) is 3.15. The molecule has 36 heavy (non-hydrogen) atoms. The number of carbonyl (C=O) groups excluding carboxylic acids is 3. The van der Waals surface area contributed by atoms with Crippen molar-refractivity contribution in [2.45, 2.75) is 6.92 Å². The largest absolute Gasteiger partial charge is 0.507 e. The van der Waals surface area contributed by atoms with Gasteiger partial charge in [0, 0.05) is 16.3 Å². The van der Waals surface area contributed by atoms with Crippen molar-refractivity contribution in [3.8, 4) is 5.75 Å². The third-order valence-electron chi connectivity index (χ3n) is 4.99. The molecule has 0 aliphatic carbocycles. The van der Waals surface area contributed by atoms with Gasteiger partial charge in [-0.2, -0.15) is 5.11 Å². The van der Waals surface area contributed by atoms with E-state index in [1.807, 2.05) is 19.1 Å². The van der Waals surface area contributed by atoms with E-state index in [1.165, 1.54) is 30.3 Å². The number of imide groups is 1. The Hall–Kier alpha value is -3.66. The van der Waals surface area contributed by atoms with Gasteiger partial charge in [-0.25, -0.2) is 0 Å². The predicted octanol–water partition coefficient (Wildman–Crippen LogP) is 7.10. The van der Waals surface area contributed by atoms with Gasteiger partial charge in [0.05, 0.1) is 15.6 Å². The number of amides is 3. The number of hydrogen-bond donors (Lipinski definition) is 2. The minimum atomic E-state index is -0.636. The number of aryl methyl sites for hydroxylation is 1. The maximum atomic E-state index is 12.8. The molecule has 3 aromatic carbocycles. The third-order valence-corrected chi connectivity index (χ3v) is 6.44. The number of benzene rings is 3. The lowest BCUT2D eigenvalue weighted by Crippen LogP contribution is -2.36. The highest BCUT2D eigenvalue weighted by atomic mass is 35.5. The van der Waals surface area contributed by atoms with Crippen LogP contribution in [0.3, 0.4) is 0 Å². The van der Waals surface area contributed by atoms with Gasteiger partial charge in [-0.05, 0) is 73.3 Å². The number of phenolic OH excluding ortho intramolecular Hbond substituents is 1. The Labute approximate surface area is 220 Å². The fourth-order valence-corrected chi connectivity index (χ4v) is 4.43. The van der Waals surface area contributed by atoms with Gasteiger partial charge in [-0.1, -0.05) is 40.9 Å². The third kappa shape index (κ3) is 6.12. The lowest BCUT2D eigenvalue weighted by molar-refractivity contribution is -0.127. The minimum Gasteiger partial charge on any atom is -0.507 e. The molecule has 3 amide bonds. The Balaban J connectivity index is 1.48. The maximum absolute atomic E-state index is 12.8. The zero-order valence-corrected chi connectivity index (χ0v) is 21.1. The number of rotatable bonds is 6. The van der Waals surface area contributed by atoms with Crippen LogP contribution in [0.1, 0.15) is 11.1 Å². The van der Waals surface area contributed by atoms with Gasteiger partial charge in [-0.15, -0.1) is 5.11 Å². The molecule has 4 rings (SSSR count). The van der Waals surface area contributed by atoms with Gasteiger partial charge in [0.1, 0.15) is 18.0 Å².